The summed E-state index contributed by atoms with van der Waals surface area (Å²) in [6.07, 6.45) is 5.40. The molecule has 1 heterocycles. The van der Waals surface area contributed by atoms with Crippen LogP contribution >= 0.6 is 11.3 Å². The molecule has 0 bridgehead atoms. The van der Waals surface area contributed by atoms with Crippen LogP contribution in [0.25, 0.3) is 0 Å². The van der Waals surface area contributed by atoms with E-state index in [1.807, 2.05) is 11.3 Å². The smallest absolute Gasteiger partial charge is 0.0443 e. The third kappa shape index (κ3) is 4.41. The fourth-order valence-electron chi connectivity index (χ4n) is 2.21. The van der Waals surface area contributed by atoms with E-state index >= 15 is 0 Å². The van der Waals surface area contributed by atoms with Crippen molar-refractivity contribution < 1.29 is 0 Å². The minimum atomic E-state index is 0.634. The summed E-state index contributed by atoms with van der Waals surface area (Å²) in [5.41, 5.74) is 0. The topological polar surface area (TPSA) is 15.3 Å². The Morgan fingerprint density at radius 2 is 2.24 bits per heavy atom. The van der Waals surface area contributed by atoms with E-state index < -0.39 is 0 Å². The Kier molecular flexibility index (Phi) is 5.01. The van der Waals surface area contributed by atoms with Crippen molar-refractivity contribution in [1.82, 2.24) is 10.2 Å². The highest BCUT2D eigenvalue weighted by molar-refractivity contribution is 7.10. The second kappa shape index (κ2) is 6.53. The highest BCUT2D eigenvalue weighted by Crippen LogP contribution is 2.42. The summed E-state index contributed by atoms with van der Waals surface area (Å²) in [7, 11) is 4.29. The molecule has 1 saturated carbocycles. The summed E-state index contributed by atoms with van der Waals surface area (Å²) < 4.78 is 0. The molecule has 1 aliphatic carbocycles. The molecular formula is C14H24N2S. The molecule has 1 fully saturated rings. The third-order valence-corrected chi connectivity index (χ3v) is 4.29. The van der Waals surface area contributed by atoms with Crippen molar-refractivity contribution in [1.29, 1.82) is 0 Å². The second-order valence-electron chi connectivity index (χ2n) is 5.30. The second-order valence-corrected chi connectivity index (χ2v) is 6.27. The molecule has 1 N–H and O–H groups in total. The van der Waals surface area contributed by atoms with Crippen LogP contribution in [0, 0.1) is 5.92 Å². The number of nitrogens with one attached hydrogen (secondary N) is 1. The standard InChI is InChI=1S/C14H24N2S/c1-16(2)10-4-3-9-15-14(12-7-8-12)13-6-5-11-17-13/h5-6,11-12,14-15H,3-4,7-10H2,1-2H3. The largest absolute Gasteiger partial charge is 0.309 e. The number of rotatable bonds is 8. The van der Waals surface area contributed by atoms with Gasteiger partial charge in [0.15, 0.2) is 0 Å². The van der Waals surface area contributed by atoms with E-state index in [1.54, 1.807) is 0 Å². The van der Waals surface area contributed by atoms with Gasteiger partial charge < -0.3 is 10.2 Å². The molecule has 96 valence electrons. The Morgan fingerprint density at radius 1 is 1.41 bits per heavy atom. The van der Waals surface area contributed by atoms with E-state index in [2.05, 4.69) is 41.8 Å². The van der Waals surface area contributed by atoms with E-state index in [4.69, 9.17) is 0 Å². The van der Waals surface area contributed by atoms with Crippen LogP contribution in [-0.2, 0) is 0 Å². The number of unbranched alkanes of at least 4 members (excludes halogenated alkanes) is 1. The third-order valence-electron chi connectivity index (χ3n) is 3.34. The molecule has 1 aliphatic rings. The molecule has 0 aromatic carbocycles. The first kappa shape index (κ1) is 13.1. The zero-order chi connectivity index (χ0) is 12.1. The van der Waals surface area contributed by atoms with Gasteiger partial charge in [-0.05, 0) is 70.2 Å². The van der Waals surface area contributed by atoms with Gasteiger partial charge in [-0.1, -0.05) is 6.07 Å². The summed E-state index contributed by atoms with van der Waals surface area (Å²) in [5.74, 6) is 0.905. The number of hydrogen-bond acceptors (Lipinski definition) is 3. The van der Waals surface area contributed by atoms with E-state index in [0.29, 0.717) is 6.04 Å². The van der Waals surface area contributed by atoms with Crippen molar-refractivity contribution in [3.8, 4) is 0 Å². The highest BCUT2D eigenvalue weighted by atomic mass is 32.1. The first-order valence-corrected chi connectivity index (χ1v) is 7.57. The summed E-state index contributed by atoms with van der Waals surface area (Å²) in [6.45, 7) is 2.36. The zero-order valence-corrected chi connectivity index (χ0v) is 11.8. The summed E-state index contributed by atoms with van der Waals surface area (Å²) in [4.78, 5) is 3.79. The molecule has 1 aromatic rings. The molecule has 2 rings (SSSR count). The fourth-order valence-corrected chi connectivity index (χ4v) is 3.10. The Labute approximate surface area is 109 Å². The molecule has 0 saturated heterocycles. The van der Waals surface area contributed by atoms with Gasteiger partial charge in [0.1, 0.15) is 0 Å². The van der Waals surface area contributed by atoms with E-state index in [-0.39, 0.29) is 0 Å². The summed E-state index contributed by atoms with van der Waals surface area (Å²) in [6, 6.07) is 5.08. The zero-order valence-electron chi connectivity index (χ0n) is 11.0. The van der Waals surface area contributed by atoms with Gasteiger partial charge >= 0.3 is 0 Å². The molecule has 1 atom stereocenters. The lowest BCUT2D eigenvalue weighted by molar-refractivity contribution is 0.385. The predicted molar refractivity (Wildman–Crippen MR) is 75.6 cm³/mol. The molecule has 0 aliphatic heterocycles. The van der Waals surface area contributed by atoms with Gasteiger partial charge in [0.2, 0.25) is 0 Å². The molecule has 0 spiro atoms. The predicted octanol–water partition coefficient (Wildman–Crippen LogP) is 3.13. The molecule has 17 heavy (non-hydrogen) atoms. The normalized spacial score (nSPS) is 17.6. The van der Waals surface area contributed by atoms with Gasteiger partial charge in [0.25, 0.3) is 0 Å². The van der Waals surface area contributed by atoms with Crippen LogP contribution in [0.2, 0.25) is 0 Å². The van der Waals surface area contributed by atoms with Gasteiger partial charge in [0.05, 0.1) is 0 Å². The SMILES string of the molecule is CN(C)CCCCNC(c1cccs1)C1CC1. The van der Waals surface area contributed by atoms with Crippen LogP contribution < -0.4 is 5.32 Å². The van der Waals surface area contributed by atoms with Gasteiger partial charge in [0, 0.05) is 10.9 Å². The summed E-state index contributed by atoms with van der Waals surface area (Å²) in [5, 5.41) is 5.94. The number of nitrogens with zero attached hydrogens (tertiary/aromatic N) is 1. The Balaban J connectivity index is 1.68. The average molecular weight is 252 g/mol. The number of hydrogen-bond donors (Lipinski definition) is 1. The van der Waals surface area contributed by atoms with Crippen molar-refractivity contribution in [2.45, 2.75) is 31.7 Å². The van der Waals surface area contributed by atoms with Crippen LogP contribution in [-0.4, -0.2) is 32.1 Å². The molecule has 0 amide bonds. The van der Waals surface area contributed by atoms with E-state index in [9.17, 15) is 0 Å². The highest BCUT2D eigenvalue weighted by Gasteiger charge is 2.32. The van der Waals surface area contributed by atoms with E-state index in [0.717, 1.165) is 12.5 Å². The molecule has 1 aromatic heterocycles. The Bertz CT molecular complexity index is 304. The summed E-state index contributed by atoms with van der Waals surface area (Å²) >= 11 is 1.90. The van der Waals surface area contributed by atoms with Crippen LogP contribution in [0.15, 0.2) is 17.5 Å². The van der Waals surface area contributed by atoms with Crippen molar-refractivity contribution >= 4 is 11.3 Å². The van der Waals surface area contributed by atoms with Crippen molar-refractivity contribution in [3.05, 3.63) is 22.4 Å². The minimum absolute atomic E-state index is 0.634. The van der Waals surface area contributed by atoms with Crippen molar-refractivity contribution in [3.63, 3.8) is 0 Å². The van der Waals surface area contributed by atoms with Crippen LogP contribution in [0.4, 0.5) is 0 Å². The van der Waals surface area contributed by atoms with Crippen LogP contribution in [0.1, 0.15) is 36.6 Å². The maximum absolute atomic E-state index is 3.75. The lowest BCUT2D eigenvalue weighted by atomic mass is 10.1. The van der Waals surface area contributed by atoms with Gasteiger partial charge in [-0.15, -0.1) is 11.3 Å². The molecule has 0 radical (unpaired) electrons. The maximum atomic E-state index is 3.75. The monoisotopic (exact) mass is 252 g/mol. The lowest BCUT2D eigenvalue weighted by Gasteiger charge is -2.17. The Morgan fingerprint density at radius 3 is 2.82 bits per heavy atom. The van der Waals surface area contributed by atoms with E-state index in [1.165, 1.54) is 37.1 Å². The fraction of sp³-hybridized carbons (Fsp3) is 0.714. The maximum Gasteiger partial charge on any atom is 0.0443 e. The first-order chi connectivity index (χ1) is 8.27. The van der Waals surface area contributed by atoms with Crippen LogP contribution in [0.3, 0.4) is 0 Å². The van der Waals surface area contributed by atoms with Gasteiger partial charge in [-0.2, -0.15) is 0 Å². The first-order valence-electron chi connectivity index (χ1n) is 6.69. The van der Waals surface area contributed by atoms with Crippen molar-refractivity contribution in [2.24, 2.45) is 5.92 Å². The number of thiophene rings is 1. The van der Waals surface area contributed by atoms with Crippen molar-refractivity contribution in [2.75, 3.05) is 27.2 Å². The lowest BCUT2D eigenvalue weighted by Crippen LogP contribution is -2.24. The molecular weight excluding hydrogens is 228 g/mol. The quantitative estimate of drug-likeness (QED) is 0.715. The van der Waals surface area contributed by atoms with Gasteiger partial charge in [-0.25, -0.2) is 0 Å². The minimum Gasteiger partial charge on any atom is -0.309 e. The Hall–Kier alpha value is -0.380. The molecule has 3 heteroatoms. The van der Waals surface area contributed by atoms with Gasteiger partial charge in [-0.3, -0.25) is 0 Å². The van der Waals surface area contributed by atoms with Crippen LogP contribution in [0.5, 0.6) is 0 Å². The molecule has 1 unspecified atom stereocenters. The average Bonchev–Trinajstić information content (AvgIpc) is 2.98. The molecule has 2 nitrogen and oxygen atoms in total.